The van der Waals surface area contributed by atoms with Crippen LogP contribution in [0.3, 0.4) is 0 Å². The number of amides is 1. The molecule has 9 heteroatoms. The molecule has 2 N–H and O–H groups in total. The second kappa shape index (κ2) is 5.49. The zero-order valence-corrected chi connectivity index (χ0v) is 12.4. The minimum Gasteiger partial charge on any atom is -0.481 e. The van der Waals surface area contributed by atoms with Crippen molar-refractivity contribution in [3.05, 3.63) is 17.4 Å². The van der Waals surface area contributed by atoms with E-state index in [0.717, 1.165) is 6.07 Å². The van der Waals surface area contributed by atoms with Gasteiger partial charge in [-0.05, 0) is 20.4 Å². The first kappa shape index (κ1) is 15.5. The molecule has 1 fully saturated rings. The third-order valence-corrected chi connectivity index (χ3v) is 4.75. The predicted molar refractivity (Wildman–Crippen MR) is 71.3 cm³/mol. The molecule has 1 aromatic rings. The number of carboxylic acids is 1. The predicted octanol–water partition coefficient (Wildman–Crippen LogP) is 0.0428. The van der Waals surface area contributed by atoms with Crippen LogP contribution in [0.15, 0.2) is 15.6 Å². The number of hydrogen-bond acceptors (Lipinski definition) is 5. The summed E-state index contributed by atoms with van der Waals surface area (Å²) in [5, 5.41) is 8.60. The number of likely N-dealkylation sites (tertiary alicyclic amines) is 1. The monoisotopic (exact) mass is 316 g/mol. The van der Waals surface area contributed by atoms with Crippen molar-refractivity contribution >= 4 is 21.9 Å². The van der Waals surface area contributed by atoms with Gasteiger partial charge in [0.1, 0.15) is 5.76 Å². The molecule has 21 heavy (non-hydrogen) atoms. The Hall–Kier alpha value is -1.87. The summed E-state index contributed by atoms with van der Waals surface area (Å²) in [5.41, 5.74) is 0.134. The van der Waals surface area contributed by atoms with Crippen molar-refractivity contribution in [2.75, 3.05) is 20.1 Å². The molecule has 0 aliphatic carbocycles. The Balaban J connectivity index is 2.23. The molecule has 1 atom stereocenters. The molecule has 1 saturated heterocycles. The van der Waals surface area contributed by atoms with E-state index in [1.807, 2.05) is 0 Å². The molecule has 1 aromatic heterocycles. The summed E-state index contributed by atoms with van der Waals surface area (Å²) in [6, 6.07) is 1.16. The molecule has 0 radical (unpaired) electrons. The van der Waals surface area contributed by atoms with Crippen LogP contribution in [0.25, 0.3) is 0 Å². The van der Waals surface area contributed by atoms with Crippen molar-refractivity contribution in [3.63, 3.8) is 0 Å². The Morgan fingerprint density at radius 3 is 2.67 bits per heavy atom. The van der Waals surface area contributed by atoms with Crippen LogP contribution in [0.4, 0.5) is 0 Å². The Kier molecular flexibility index (Phi) is 4.06. The first-order valence-corrected chi connectivity index (χ1v) is 7.80. The zero-order chi connectivity index (χ0) is 15.8. The Bertz CT molecular complexity index is 678. The average Bonchev–Trinajstić information content (AvgIpc) is 3.04. The Labute approximate surface area is 121 Å². The second-order valence-corrected chi connectivity index (χ2v) is 6.64. The molecular formula is C12H16N2O6S. The van der Waals surface area contributed by atoms with Crippen molar-refractivity contribution < 1.29 is 27.5 Å². The smallest absolute Gasteiger partial charge is 0.308 e. The normalized spacial score (nSPS) is 19.0. The van der Waals surface area contributed by atoms with E-state index in [-0.39, 0.29) is 23.0 Å². The number of rotatable bonds is 4. The Morgan fingerprint density at radius 2 is 2.14 bits per heavy atom. The van der Waals surface area contributed by atoms with E-state index in [9.17, 15) is 18.0 Å². The lowest BCUT2D eigenvalue weighted by Crippen LogP contribution is -2.30. The van der Waals surface area contributed by atoms with Crippen LogP contribution in [0.2, 0.25) is 0 Å². The molecule has 2 heterocycles. The molecule has 0 aromatic carbocycles. The third kappa shape index (κ3) is 2.93. The van der Waals surface area contributed by atoms with E-state index in [1.54, 1.807) is 0 Å². The average molecular weight is 316 g/mol. The molecule has 1 aliphatic heterocycles. The highest BCUT2D eigenvalue weighted by Gasteiger charge is 2.33. The lowest BCUT2D eigenvalue weighted by molar-refractivity contribution is -0.141. The number of sulfonamides is 1. The van der Waals surface area contributed by atoms with Gasteiger partial charge in [0.15, 0.2) is 0 Å². The van der Waals surface area contributed by atoms with Gasteiger partial charge in [0.2, 0.25) is 5.09 Å². The van der Waals surface area contributed by atoms with Gasteiger partial charge in [0.05, 0.1) is 11.5 Å². The molecule has 0 spiro atoms. The number of carboxylic acid groups (broad SMARTS) is 1. The Morgan fingerprint density at radius 1 is 1.48 bits per heavy atom. The highest BCUT2D eigenvalue weighted by atomic mass is 32.2. The summed E-state index contributed by atoms with van der Waals surface area (Å²) in [6.45, 7) is 1.94. The molecule has 0 saturated carbocycles. The van der Waals surface area contributed by atoms with Gasteiger partial charge in [0.25, 0.3) is 15.9 Å². The molecule has 0 unspecified atom stereocenters. The van der Waals surface area contributed by atoms with Gasteiger partial charge < -0.3 is 14.4 Å². The number of carbonyl (C=O) groups excluding carboxylic acids is 1. The first-order chi connectivity index (χ1) is 9.76. The van der Waals surface area contributed by atoms with Crippen molar-refractivity contribution in [3.8, 4) is 0 Å². The quantitative estimate of drug-likeness (QED) is 0.810. The molecule has 0 bridgehead atoms. The van der Waals surface area contributed by atoms with Crippen LogP contribution in [0.1, 0.15) is 22.5 Å². The minimum absolute atomic E-state index is 0.118. The highest BCUT2D eigenvalue weighted by molar-refractivity contribution is 7.89. The number of nitrogens with zero attached hydrogens (tertiary/aromatic N) is 1. The first-order valence-electron chi connectivity index (χ1n) is 6.32. The maximum atomic E-state index is 12.3. The number of hydrogen-bond donors (Lipinski definition) is 2. The number of aryl methyl sites for hydroxylation is 1. The van der Waals surface area contributed by atoms with Gasteiger partial charge in [-0.3, -0.25) is 9.59 Å². The van der Waals surface area contributed by atoms with E-state index in [2.05, 4.69) is 4.72 Å². The fourth-order valence-corrected chi connectivity index (χ4v) is 2.93. The van der Waals surface area contributed by atoms with Crippen molar-refractivity contribution in [2.45, 2.75) is 18.4 Å². The van der Waals surface area contributed by atoms with E-state index in [1.165, 1.54) is 18.9 Å². The number of nitrogens with one attached hydrogen (secondary N) is 1. The van der Waals surface area contributed by atoms with Crippen molar-refractivity contribution in [1.82, 2.24) is 9.62 Å². The summed E-state index contributed by atoms with van der Waals surface area (Å²) < 4.78 is 30.5. The van der Waals surface area contributed by atoms with Gasteiger partial charge in [-0.25, -0.2) is 13.1 Å². The number of carbonyl (C=O) groups is 2. The van der Waals surface area contributed by atoms with Crippen LogP contribution in [-0.2, 0) is 14.8 Å². The minimum atomic E-state index is -3.76. The third-order valence-electron chi connectivity index (χ3n) is 3.48. The molecule has 1 amide bonds. The van der Waals surface area contributed by atoms with E-state index < -0.39 is 27.8 Å². The standard InChI is InChI=1S/C12H16N2O6S/c1-7-9(5-10(20-7)21(18,19)13-2)11(15)14-4-3-8(6-14)12(16)17/h5,8,13H,3-4,6H2,1-2H3,(H,16,17)/t8-/m1/s1. The topological polar surface area (TPSA) is 117 Å². The van der Waals surface area contributed by atoms with Crippen LogP contribution in [-0.4, -0.2) is 50.4 Å². The zero-order valence-electron chi connectivity index (χ0n) is 11.6. The lowest BCUT2D eigenvalue weighted by atomic mass is 10.1. The van der Waals surface area contributed by atoms with Gasteiger partial charge in [-0.1, -0.05) is 0 Å². The van der Waals surface area contributed by atoms with E-state index in [0.29, 0.717) is 13.0 Å². The largest absolute Gasteiger partial charge is 0.481 e. The van der Waals surface area contributed by atoms with Gasteiger partial charge in [-0.2, -0.15) is 0 Å². The SMILES string of the molecule is CNS(=O)(=O)c1cc(C(=O)N2CC[C@@H](C(=O)O)C2)c(C)o1. The van der Waals surface area contributed by atoms with Crippen LogP contribution in [0.5, 0.6) is 0 Å². The second-order valence-electron chi connectivity index (χ2n) is 4.82. The van der Waals surface area contributed by atoms with E-state index in [4.69, 9.17) is 9.52 Å². The molecule has 1 aliphatic rings. The van der Waals surface area contributed by atoms with Crippen LogP contribution in [0, 0.1) is 12.8 Å². The van der Waals surface area contributed by atoms with Crippen molar-refractivity contribution in [1.29, 1.82) is 0 Å². The van der Waals surface area contributed by atoms with Gasteiger partial charge in [-0.15, -0.1) is 0 Å². The summed E-state index contributed by atoms with van der Waals surface area (Å²) in [7, 11) is -2.52. The molecular weight excluding hydrogens is 300 g/mol. The number of aliphatic carboxylic acids is 1. The number of furan rings is 1. The summed E-state index contributed by atoms with van der Waals surface area (Å²) in [6.07, 6.45) is 0.389. The summed E-state index contributed by atoms with van der Waals surface area (Å²) in [5.74, 6) is -1.75. The maximum absolute atomic E-state index is 12.3. The summed E-state index contributed by atoms with van der Waals surface area (Å²) >= 11 is 0. The fourth-order valence-electron chi connectivity index (χ4n) is 2.22. The van der Waals surface area contributed by atoms with Gasteiger partial charge in [0, 0.05) is 19.2 Å². The lowest BCUT2D eigenvalue weighted by Gasteiger charge is -2.14. The van der Waals surface area contributed by atoms with Crippen LogP contribution >= 0.6 is 0 Å². The molecule has 8 nitrogen and oxygen atoms in total. The van der Waals surface area contributed by atoms with Gasteiger partial charge >= 0.3 is 5.97 Å². The fraction of sp³-hybridized carbons (Fsp3) is 0.500. The van der Waals surface area contributed by atoms with Crippen molar-refractivity contribution in [2.24, 2.45) is 5.92 Å². The maximum Gasteiger partial charge on any atom is 0.308 e. The van der Waals surface area contributed by atoms with Crippen LogP contribution < -0.4 is 4.72 Å². The van der Waals surface area contributed by atoms with E-state index >= 15 is 0 Å². The summed E-state index contributed by atoms with van der Waals surface area (Å²) in [4.78, 5) is 24.6. The highest BCUT2D eigenvalue weighted by Crippen LogP contribution is 2.24. The molecule has 116 valence electrons. The molecule has 2 rings (SSSR count).